The normalized spacial score (nSPS) is 21.2. The van der Waals surface area contributed by atoms with Crippen molar-refractivity contribution in [3.63, 3.8) is 0 Å². The van der Waals surface area contributed by atoms with Gasteiger partial charge in [0.25, 0.3) is 5.91 Å². The number of carbonyl (C=O) groups excluding carboxylic acids is 1. The van der Waals surface area contributed by atoms with Crippen molar-refractivity contribution in [3.8, 4) is 0 Å². The highest BCUT2D eigenvalue weighted by Gasteiger charge is 2.33. The van der Waals surface area contributed by atoms with E-state index in [1.807, 2.05) is 12.1 Å². The maximum atomic E-state index is 12.9. The van der Waals surface area contributed by atoms with Gasteiger partial charge in [0.2, 0.25) is 0 Å². The monoisotopic (exact) mass is 313 g/mol. The lowest BCUT2D eigenvalue weighted by Gasteiger charge is -2.37. The first-order valence-corrected chi connectivity index (χ1v) is 7.74. The summed E-state index contributed by atoms with van der Waals surface area (Å²) in [5.41, 5.74) is 0.520. The number of aromatic carboxylic acids is 1. The van der Waals surface area contributed by atoms with Gasteiger partial charge in [-0.2, -0.15) is 0 Å². The number of rotatable bonds is 3. The quantitative estimate of drug-likeness (QED) is 0.940. The van der Waals surface area contributed by atoms with Crippen LogP contribution in [0.4, 0.5) is 0 Å². The van der Waals surface area contributed by atoms with E-state index < -0.39 is 5.97 Å². The van der Waals surface area contributed by atoms with Crippen LogP contribution in [0.15, 0.2) is 47.1 Å². The fourth-order valence-corrected chi connectivity index (χ4v) is 3.09. The van der Waals surface area contributed by atoms with Crippen LogP contribution in [0.2, 0.25) is 0 Å². The Balaban J connectivity index is 1.90. The molecule has 2 aromatic rings. The van der Waals surface area contributed by atoms with Crippen molar-refractivity contribution in [2.24, 2.45) is 5.92 Å². The van der Waals surface area contributed by atoms with Crippen molar-refractivity contribution < 1.29 is 19.1 Å². The number of carbonyl (C=O) groups is 2. The van der Waals surface area contributed by atoms with Gasteiger partial charge in [-0.05, 0) is 49.1 Å². The second-order valence-electron chi connectivity index (χ2n) is 6.05. The number of nitrogens with zero attached hydrogens (tertiary/aromatic N) is 1. The molecule has 1 saturated heterocycles. The van der Waals surface area contributed by atoms with Gasteiger partial charge < -0.3 is 14.4 Å². The standard InChI is InChI=1S/C18H19NO4/c1-12-7-8-19(15(10-12)16-6-3-9-23-16)17(20)13-4-2-5-14(11-13)18(21)22/h2-6,9,11-12,15H,7-8,10H2,1H3,(H,21,22). The van der Waals surface area contributed by atoms with E-state index in [9.17, 15) is 9.59 Å². The molecule has 23 heavy (non-hydrogen) atoms. The summed E-state index contributed by atoms with van der Waals surface area (Å²) in [5, 5.41) is 9.10. The molecule has 0 spiro atoms. The average molecular weight is 313 g/mol. The Morgan fingerprint density at radius 1 is 1.22 bits per heavy atom. The molecule has 0 aliphatic carbocycles. The zero-order valence-electron chi connectivity index (χ0n) is 12.9. The minimum Gasteiger partial charge on any atom is -0.478 e. The topological polar surface area (TPSA) is 70.8 Å². The van der Waals surface area contributed by atoms with Crippen molar-refractivity contribution in [1.82, 2.24) is 4.90 Å². The number of likely N-dealkylation sites (tertiary alicyclic amines) is 1. The molecule has 1 fully saturated rings. The number of benzene rings is 1. The predicted molar refractivity (Wildman–Crippen MR) is 84.3 cm³/mol. The number of carboxylic acid groups (broad SMARTS) is 1. The van der Waals surface area contributed by atoms with Gasteiger partial charge in [-0.25, -0.2) is 4.79 Å². The molecule has 1 N–H and O–H groups in total. The van der Waals surface area contributed by atoms with Crippen LogP contribution in [0.5, 0.6) is 0 Å². The van der Waals surface area contributed by atoms with Gasteiger partial charge in [0, 0.05) is 12.1 Å². The molecule has 1 aromatic heterocycles. The molecular formula is C18H19NO4. The van der Waals surface area contributed by atoms with Crippen LogP contribution >= 0.6 is 0 Å². The Kier molecular flexibility index (Phi) is 4.19. The molecular weight excluding hydrogens is 294 g/mol. The molecule has 1 aliphatic heterocycles. The van der Waals surface area contributed by atoms with Crippen molar-refractivity contribution in [3.05, 3.63) is 59.5 Å². The molecule has 120 valence electrons. The van der Waals surface area contributed by atoms with Gasteiger partial charge in [-0.15, -0.1) is 0 Å². The molecule has 3 rings (SSSR count). The average Bonchev–Trinajstić information content (AvgIpc) is 3.08. The number of hydrogen-bond donors (Lipinski definition) is 1. The third-order valence-electron chi connectivity index (χ3n) is 4.35. The summed E-state index contributed by atoms with van der Waals surface area (Å²) in [6.07, 6.45) is 3.39. The molecule has 1 aromatic carbocycles. The summed E-state index contributed by atoms with van der Waals surface area (Å²) in [6.45, 7) is 2.81. The van der Waals surface area contributed by atoms with E-state index in [-0.39, 0.29) is 17.5 Å². The van der Waals surface area contributed by atoms with Crippen LogP contribution in [0.25, 0.3) is 0 Å². The molecule has 0 saturated carbocycles. The maximum absolute atomic E-state index is 12.9. The second-order valence-corrected chi connectivity index (χ2v) is 6.05. The third-order valence-corrected chi connectivity index (χ3v) is 4.35. The lowest BCUT2D eigenvalue weighted by atomic mass is 9.90. The summed E-state index contributed by atoms with van der Waals surface area (Å²) >= 11 is 0. The van der Waals surface area contributed by atoms with Crippen molar-refractivity contribution >= 4 is 11.9 Å². The fourth-order valence-electron chi connectivity index (χ4n) is 3.09. The first-order chi connectivity index (χ1) is 11.1. The molecule has 2 heterocycles. The SMILES string of the molecule is CC1CCN(C(=O)c2cccc(C(=O)O)c2)C(c2ccco2)C1. The molecule has 0 radical (unpaired) electrons. The lowest BCUT2D eigenvalue weighted by molar-refractivity contribution is 0.0521. The van der Waals surface area contributed by atoms with Crippen LogP contribution < -0.4 is 0 Å². The van der Waals surface area contributed by atoms with Gasteiger partial charge in [0.15, 0.2) is 0 Å². The van der Waals surface area contributed by atoms with E-state index in [0.29, 0.717) is 18.0 Å². The van der Waals surface area contributed by atoms with Gasteiger partial charge in [-0.1, -0.05) is 13.0 Å². The number of furan rings is 1. The molecule has 2 unspecified atom stereocenters. The predicted octanol–water partition coefficient (Wildman–Crippen LogP) is 3.59. The third kappa shape index (κ3) is 3.13. The van der Waals surface area contributed by atoms with E-state index in [2.05, 4.69) is 6.92 Å². The highest BCUT2D eigenvalue weighted by molar-refractivity contribution is 5.97. The molecule has 1 amide bonds. The van der Waals surface area contributed by atoms with Gasteiger partial charge >= 0.3 is 5.97 Å². The number of amides is 1. The minimum atomic E-state index is -1.03. The highest BCUT2D eigenvalue weighted by Crippen LogP contribution is 2.35. The summed E-state index contributed by atoms with van der Waals surface area (Å²) < 4.78 is 5.51. The molecule has 1 aliphatic rings. The summed E-state index contributed by atoms with van der Waals surface area (Å²) in [5.74, 6) is 0.106. The fraction of sp³-hybridized carbons (Fsp3) is 0.333. The zero-order chi connectivity index (χ0) is 16.4. The van der Waals surface area contributed by atoms with Gasteiger partial charge in [-0.3, -0.25) is 4.79 Å². The molecule has 5 nitrogen and oxygen atoms in total. The molecule has 2 atom stereocenters. The lowest BCUT2D eigenvalue weighted by Crippen LogP contribution is -2.40. The first-order valence-electron chi connectivity index (χ1n) is 7.74. The van der Waals surface area contributed by atoms with Crippen molar-refractivity contribution in [2.45, 2.75) is 25.8 Å². The summed E-state index contributed by atoms with van der Waals surface area (Å²) in [4.78, 5) is 25.8. The first kappa shape index (κ1) is 15.3. The number of carboxylic acids is 1. The largest absolute Gasteiger partial charge is 0.478 e. The van der Waals surface area contributed by atoms with Gasteiger partial charge in [0.1, 0.15) is 5.76 Å². The highest BCUT2D eigenvalue weighted by atomic mass is 16.4. The van der Waals surface area contributed by atoms with E-state index in [0.717, 1.165) is 18.6 Å². The van der Waals surface area contributed by atoms with Crippen molar-refractivity contribution in [1.29, 1.82) is 0 Å². The van der Waals surface area contributed by atoms with E-state index in [1.54, 1.807) is 23.3 Å². The molecule has 5 heteroatoms. The Bertz CT molecular complexity index is 708. The van der Waals surface area contributed by atoms with E-state index >= 15 is 0 Å². The van der Waals surface area contributed by atoms with E-state index in [1.165, 1.54) is 12.1 Å². The minimum absolute atomic E-state index is 0.102. The van der Waals surface area contributed by atoms with Gasteiger partial charge in [0.05, 0.1) is 17.9 Å². The Labute approximate surface area is 134 Å². The van der Waals surface area contributed by atoms with Crippen LogP contribution in [0, 0.1) is 5.92 Å². The number of piperidine rings is 1. The maximum Gasteiger partial charge on any atom is 0.335 e. The van der Waals surface area contributed by atoms with E-state index in [4.69, 9.17) is 9.52 Å². The van der Waals surface area contributed by atoms with Crippen molar-refractivity contribution in [2.75, 3.05) is 6.54 Å². The van der Waals surface area contributed by atoms with Crippen LogP contribution in [0.3, 0.4) is 0 Å². The zero-order valence-corrected chi connectivity index (χ0v) is 12.9. The van der Waals surface area contributed by atoms with Crippen LogP contribution in [0.1, 0.15) is 52.3 Å². The Morgan fingerprint density at radius 2 is 2.00 bits per heavy atom. The summed E-state index contributed by atoms with van der Waals surface area (Å²) in [7, 11) is 0. The smallest absolute Gasteiger partial charge is 0.335 e. The molecule has 0 bridgehead atoms. The Morgan fingerprint density at radius 3 is 2.70 bits per heavy atom. The second kappa shape index (κ2) is 6.28. The van der Waals surface area contributed by atoms with Crippen LogP contribution in [-0.4, -0.2) is 28.4 Å². The Hall–Kier alpha value is -2.56. The number of hydrogen-bond acceptors (Lipinski definition) is 3. The van der Waals surface area contributed by atoms with Crippen LogP contribution in [-0.2, 0) is 0 Å². The summed E-state index contributed by atoms with van der Waals surface area (Å²) in [6, 6.07) is 9.79.